The molecule has 1 heterocycles. The molecule has 19 heavy (non-hydrogen) atoms. The Bertz CT molecular complexity index is 618. The molecule has 1 aromatic carbocycles. The summed E-state index contributed by atoms with van der Waals surface area (Å²) in [7, 11) is 0. The van der Waals surface area contributed by atoms with Gasteiger partial charge in [-0.25, -0.2) is 0 Å². The number of carbonyl (C=O) groups excluding carboxylic acids is 2. The summed E-state index contributed by atoms with van der Waals surface area (Å²) in [5, 5.41) is 6.55. The Labute approximate surface area is 114 Å². The molecule has 0 fully saturated rings. The highest BCUT2D eigenvalue weighted by molar-refractivity contribution is 7.08. The lowest BCUT2D eigenvalue weighted by Gasteiger charge is -2.03. The van der Waals surface area contributed by atoms with E-state index in [0.29, 0.717) is 11.3 Å². The number of thiophene rings is 1. The van der Waals surface area contributed by atoms with Crippen LogP contribution in [0.1, 0.15) is 15.9 Å². The topological polar surface area (TPSA) is 72.2 Å². The second kappa shape index (κ2) is 5.97. The van der Waals surface area contributed by atoms with Crippen molar-refractivity contribution in [2.75, 3.05) is 5.32 Å². The highest BCUT2D eigenvalue weighted by Gasteiger charge is 2.02. The first-order valence-electron chi connectivity index (χ1n) is 5.56. The third-order valence-corrected chi connectivity index (χ3v) is 3.09. The smallest absolute Gasteiger partial charge is 0.248 e. The molecular weight excluding hydrogens is 260 g/mol. The predicted molar refractivity (Wildman–Crippen MR) is 76.9 cm³/mol. The maximum absolute atomic E-state index is 11.7. The summed E-state index contributed by atoms with van der Waals surface area (Å²) in [5.74, 6) is -0.780. The summed E-state index contributed by atoms with van der Waals surface area (Å²) in [6.07, 6.45) is 3.17. The van der Waals surface area contributed by atoms with Crippen LogP contribution in [0.4, 0.5) is 5.69 Å². The van der Waals surface area contributed by atoms with Gasteiger partial charge in [-0.05, 0) is 46.7 Å². The highest BCUT2D eigenvalue weighted by Crippen LogP contribution is 2.11. The van der Waals surface area contributed by atoms with Crippen LogP contribution >= 0.6 is 11.3 Å². The molecule has 0 saturated carbocycles. The Kier molecular flexibility index (Phi) is 4.10. The van der Waals surface area contributed by atoms with Gasteiger partial charge < -0.3 is 11.1 Å². The van der Waals surface area contributed by atoms with Crippen LogP contribution < -0.4 is 11.1 Å². The first-order valence-corrected chi connectivity index (χ1v) is 6.50. The van der Waals surface area contributed by atoms with Crippen molar-refractivity contribution in [2.45, 2.75) is 0 Å². The van der Waals surface area contributed by atoms with E-state index in [2.05, 4.69) is 5.32 Å². The minimum absolute atomic E-state index is 0.257. The van der Waals surface area contributed by atoms with E-state index in [4.69, 9.17) is 5.73 Å². The normalized spacial score (nSPS) is 10.5. The van der Waals surface area contributed by atoms with Crippen molar-refractivity contribution in [3.05, 3.63) is 58.3 Å². The van der Waals surface area contributed by atoms with Crippen LogP contribution in [0.2, 0.25) is 0 Å². The lowest BCUT2D eigenvalue weighted by Crippen LogP contribution is -2.12. The standard InChI is InChI=1S/C14H12N2O2S/c15-14(18)11-2-1-3-12(8-11)16-13(17)5-4-10-6-7-19-9-10/h1-9H,(H2,15,18)(H,16,17). The molecular formula is C14H12N2O2S. The molecule has 2 amide bonds. The van der Waals surface area contributed by atoms with Gasteiger partial charge in [0.15, 0.2) is 0 Å². The molecule has 1 aromatic heterocycles. The number of hydrogen-bond donors (Lipinski definition) is 2. The van der Waals surface area contributed by atoms with Gasteiger partial charge in [0.1, 0.15) is 0 Å². The maximum atomic E-state index is 11.7. The molecule has 0 atom stereocenters. The Balaban J connectivity index is 2.03. The number of amides is 2. The lowest BCUT2D eigenvalue weighted by molar-refractivity contribution is -0.111. The van der Waals surface area contributed by atoms with E-state index in [-0.39, 0.29) is 5.91 Å². The fourth-order valence-electron chi connectivity index (χ4n) is 1.48. The molecule has 0 bridgehead atoms. The lowest BCUT2D eigenvalue weighted by atomic mass is 10.2. The molecule has 96 valence electrons. The molecule has 4 nitrogen and oxygen atoms in total. The SMILES string of the molecule is NC(=O)c1cccc(NC(=O)C=Cc2ccsc2)c1. The summed E-state index contributed by atoms with van der Waals surface area (Å²) in [6, 6.07) is 8.42. The van der Waals surface area contributed by atoms with Gasteiger partial charge in [-0.2, -0.15) is 11.3 Å². The summed E-state index contributed by atoms with van der Waals surface area (Å²) < 4.78 is 0. The van der Waals surface area contributed by atoms with Crippen LogP contribution in [0.3, 0.4) is 0 Å². The number of primary amides is 1. The van der Waals surface area contributed by atoms with Gasteiger partial charge in [-0.15, -0.1) is 0 Å². The van der Waals surface area contributed by atoms with Crippen molar-refractivity contribution in [1.29, 1.82) is 0 Å². The molecule has 3 N–H and O–H groups in total. The van der Waals surface area contributed by atoms with Gasteiger partial charge in [0.05, 0.1) is 0 Å². The minimum Gasteiger partial charge on any atom is -0.366 e. The third kappa shape index (κ3) is 3.79. The molecule has 0 aliphatic rings. The number of hydrogen-bond acceptors (Lipinski definition) is 3. The number of carbonyl (C=O) groups is 2. The zero-order valence-corrected chi connectivity index (χ0v) is 10.8. The van der Waals surface area contributed by atoms with Crippen LogP contribution in [0.25, 0.3) is 6.08 Å². The van der Waals surface area contributed by atoms with Crippen molar-refractivity contribution < 1.29 is 9.59 Å². The zero-order valence-electron chi connectivity index (χ0n) is 10.00. The monoisotopic (exact) mass is 272 g/mol. The van der Waals surface area contributed by atoms with Gasteiger partial charge in [-0.1, -0.05) is 6.07 Å². The Morgan fingerprint density at radius 3 is 2.79 bits per heavy atom. The van der Waals surface area contributed by atoms with Crippen molar-refractivity contribution in [1.82, 2.24) is 0 Å². The van der Waals surface area contributed by atoms with Gasteiger partial charge in [0.2, 0.25) is 11.8 Å². The predicted octanol–water partition coefficient (Wildman–Crippen LogP) is 2.50. The Morgan fingerprint density at radius 2 is 2.11 bits per heavy atom. The Hall–Kier alpha value is -2.40. The van der Waals surface area contributed by atoms with Gasteiger partial charge in [0.25, 0.3) is 0 Å². The van der Waals surface area contributed by atoms with Crippen LogP contribution in [0.5, 0.6) is 0 Å². The molecule has 0 aliphatic carbocycles. The molecule has 5 heteroatoms. The number of rotatable bonds is 4. The Morgan fingerprint density at radius 1 is 1.26 bits per heavy atom. The molecule has 2 rings (SSSR count). The van der Waals surface area contributed by atoms with Gasteiger partial charge in [-0.3, -0.25) is 9.59 Å². The number of anilines is 1. The molecule has 2 aromatic rings. The van der Waals surface area contributed by atoms with E-state index in [0.717, 1.165) is 5.56 Å². The minimum atomic E-state index is -0.523. The second-order valence-electron chi connectivity index (χ2n) is 3.82. The first-order chi connectivity index (χ1) is 9.15. The first kappa shape index (κ1) is 13.0. The maximum Gasteiger partial charge on any atom is 0.248 e. The fourth-order valence-corrected chi connectivity index (χ4v) is 2.10. The fraction of sp³-hybridized carbons (Fsp3) is 0. The van der Waals surface area contributed by atoms with Crippen LogP contribution in [-0.4, -0.2) is 11.8 Å². The van der Waals surface area contributed by atoms with Crippen LogP contribution in [0.15, 0.2) is 47.2 Å². The van der Waals surface area contributed by atoms with Crippen LogP contribution in [0, 0.1) is 0 Å². The van der Waals surface area contributed by atoms with E-state index in [1.807, 2.05) is 16.8 Å². The van der Waals surface area contributed by atoms with Crippen molar-refractivity contribution in [3.8, 4) is 0 Å². The molecule has 0 aliphatic heterocycles. The summed E-state index contributed by atoms with van der Waals surface area (Å²) >= 11 is 1.57. The summed E-state index contributed by atoms with van der Waals surface area (Å²) in [5.41, 5.74) is 7.05. The zero-order chi connectivity index (χ0) is 13.7. The largest absolute Gasteiger partial charge is 0.366 e. The molecule has 0 spiro atoms. The average Bonchev–Trinajstić information content (AvgIpc) is 2.90. The van der Waals surface area contributed by atoms with Crippen molar-refractivity contribution in [3.63, 3.8) is 0 Å². The average molecular weight is 272 g/mol. The highest BCUT2D eigenvalue weighted by atomic mass is 32.1. The van der Waals surface area contributed by atoms with Crippen molar-refractivity contribution >= 4 is 34.9 Å². The number of nitrogens with two attached hydrogens (primary N) is 1. The van der Waals surface area contributed by atoms with Crippen molar-refractivity contribution in [2.24, 2.45) is 5.73 Å². The van der Waals surface area contributed by atoms with E-state index in [1.54, 1.807) is 41.7 Å². The molecule has 0 radical (unpaired) electrons. The second-order valence-corrected chi connectivity index (χ2v) is 4.60. The number of nitrogens with one attached hydrogen (secondary N) is 1. The van der Waals surface area contributed by atoms with Gasteiger partial charge in [0, 0.05) is 17.3 Å². The van der Waals surface area contributed by atoms with Gasteiger partial charge >= 0.3 is 0 Å². The molecule has 0 unspecified atom stereocenters. The van der Waals surface area contributed by atoms with E-state index in [9.17, 15) is 9.59 Å². The van der Waals surface area contributed by atoms with Crippen LogP contribution in [-0.2, 0) is 4.79 Å². The third-order valence-electron chi connectivity index (χ3n) is 2.38. The van der Waals surface area contributed by atoms with E-state index >= 15 is 0 Å². The quantitative estimate of drug-likeness (QED) is 0.839. The summed E-state index contributed by atoms with van der Waals surface area (Å²) in [6.45, 7) is 0. The van der Waals surface area contributed by atoms with E-state index in [1.165, 1.54) is 6.08 Å². The molecule has 0 saturated heterocycles. The summed E-state index contributed by atoms with van der Waals surface area (Å²) in [4.78, 5) is 22.7. The number of benzene rings is 1. The van der Waals surface area contributed by atoms with E-state index < -0.39 is 5.91 Å².